The highest BCUT2D eigenvalue weighted by atomic mass is 79.9. The van der Waals surface area contributed by atoms with Gasteiger partial charge in [0.2, 0.25) is 0 Å². The van der Waals surface area contributed by atoms with Crippen molar-refractivity contribution < 1.29 is 29.0 Å². The normalized spacial score (nSPS) is 15.5. The monoisotopic (exact) mass is 550 g/mol. The van der Waals surface area contributed by atoms with Crippen LogP contribution in [0.15, 0.2) is 51.8 Å². The van der Waals surface area contributed by atoms with Crippen molar-refractivity contribution in [1.82, 2.24) is 10.4 Å². The Morgan fingerprint density at radius 3 is 2.55 bits per heavy atom. The van der Waals surface area contributed by atoms with Crippen molar-refractivity contribution >= 4 is 68.1 Å². The zero-order valence-corrected chi connectivity index (χ0v) is 20.8. The first-order chi connectivity index (χ1) is 15.7. The number of nitrogens with zero attached hydrogens (tertiary/aromatic N) is 1. The molecule has 0 bridgehead atoms. The summed E-state index contributed by atoms with van der Waals surface area (Å²) in [6.07, 6.45) is 0.885. The van der Waals surface area contributed by atoms with Crippen LogP contribution in [0.25, 0.3) is 6.08 Å². The van der Waals surface area contributed by atoms with Crippen LogP contribution >= 0.6 is 39.9 Å². The predicted octanol–water partition coefficient (Wildman–Crippen LogP) is 4.25. The number of aliphatic carboxylic acids is 1. The van der Waals surface area contributed by atoms with Crippen LogP contribution in [-0.2, 0) is 9.59 Å². The molecule has 2 amide bonds. The molecule has 0 spiro atoms. The van der Waals surface area contributed by atoms with Crippen molar-refractivity contribution in [3.8, 4) is 11.5 Å². The lowest BCUT2D eigenvalue weighted by Gasteiger charge is -2.16. The van der Waals surface area contributed by atoms with Crippen molar-refractivity contribution in [2.45, 2.75) is 19.4 Å². The van der Waals surface area contributed by atoms with Crippen LogP contribution in [0.4, 0.5) is 0 Å². The van der Waals surface area contributed by atoms with Gasteiger partial charge in [-0.3, -0.25) is 15.0 Å². The van der Waals surface area contributed by atoms with Crippen LogP contribution < -0.4 is 14.9 Å². The molecule has 1 atom stereocenters. The van der Waals surface area contributed by atoms with E-state index in [1.807, 2.05) is 0 Å². The highest BCUT2D eigenvalue weighted by molar-refractivity contribution is 9.10. The number of hydrazine groups is 1. The number of ether oxygens (including phenoxy) is 2. The number of benzene rings is 2. The van der Waals surface area contributed by atoms with E-state index in [1.165, 1.54) is 7.11 Å². The maximum absolute atomic E-state index is 12.8. The van der Waals surface area contributed by atoms with E-state index in [-0.39, 0.29) is 16.5 Å². The molecule has 0 aromatic heterocycles. The molecule has 2 aromatic carbocycles. The van der Waals surface area contributed by atoms with Gasteiger partial charge in [-0.15, -0.1) is 0 Å². The molecule has 2 N–H and O–H groups in total. The molecule has 33 heavy (non-hydrogen) atoms. The summed E-state index contributed by atoms with van der Waals surface area (Å²) in [5.41, 5.74) is 3.52. The molecule has 2 aromatic rings. The molecule has 11 heteroatoms. The third kappa shape index (κ3) is 5.92. The number of methoxy groups -OCH3 is 1. The summed E-state index contributed by atoms with van der Waals surface area (Å²) in [7, 11) is 1.44. The first kappa shape index (κ1) is 24.7. The first-order valence-corrected chi connectivity index (χ1v) is 11.7. The number of carbonyl (C=O) groups is 3. The molecule has 1 fully saturated rings. The van der Waals surface area contributed by atoms with Gasteiger partial charge >= 0.3 is 5.97 Å². The Hall–Kier alpha value is -2.89. The molecule has 1 aliphatic rings. The molecular weight excluding hydrogens is 532 g/mol. The van der Waals surface area contributed by atoms with Crippen LogP contribution in [0, 0.1) is 0 Å². The zero-order chi connectivity index (χ0) is 24.1. The first-order valence-electron chi connectivity index (χ1n) is 9.65. The molecule has 1 unspecified atom stereocenters. The number of rotatable bonds is 8. The molecule has 1 saturated heterocycles. The highest BCUT2D eigenvalue weighted by Crippen LogP contribution is 2.34. The van der Waals surface area contributed by atoms with Crippen LogP contribution in [0.5, 0.6) is 11.5 Å². The number of hydrogen-bond acceptors (Lipinski definition) is 7. The van der Waals surface area contributed by atoms with Gasteiger partial charge in [0.1, 0.15) is 0 Å². The lowest BCUT2D eigenvalue weighted by Crippen LogP contribution is -2.44. The fourth-order valence-corrected chi connectivity index (χ4v) is 4.26. The summed E-state index contributed by atoms with van der Waals surface area (Å²) in [4.78, 5) is 36.9. The second kappa shape index (κ2) is 10.8. The van der Waals surface area contributed by atoms with Gasteiger partial charge in [-0.25, -0.2) is 4.79 Å². The van der Waals surface area contributed by atoms with Crippen LogP contribution in [0.1, 0.15) is 29.3 Å². The van der Waals surface area contributed by atoms with Crippen molar-refractivity contribution in [2.24, 2.45) is 0 Å². The minimum atomic E-state index is -1.07. The van der Waals surface area contributed by atoms with Crippen LogP contribution in [0.3, 0.4) is 0 Å². The van der Waals surface area contributed by atoms with E-state index in [1.54, 1.807) is 55.5 Å². The number of hydrogen-bond donors (Lipinski definition) is 2. The van der Waals surface area contributed by atoms with E-state index in [4.69, 9.17) is 21.7 Å². The lowest BCUT2D eigenvalue weighted by molar-refractivity contribution is -0.145. The van der Waals surface area contributed by atoms with Gasteiger partial charge in [0.25, 0.3) is 11.8 Å². The number of nitrogens with one attached hydrogen (secondary N) is 1. The minimum Gasteiger partial charge on any atom is -0.493 e. The number of carboxylic acid groups (broad SMARTS) is 1. The maximum atomic E-state index is 12.8. The van der Waals surface area contributed by atoms with Gasteiger partial charge in [0.05, 0.1) is 12.0 Å². The van der Waals surface area contributed by atoms with Crippen molar-refractivity contribution in [1.29, 1.82) is 0 Å². The molecule has 0 radical (unpaired) electrons. The summed E-state index contributed by atoms with van der Waals surface area (Å²) >= 11 is 9.61. The topological polar surface area (TPSA) is 105 Å². The number of halogens is 1. The summed E-state index contributed by atoms with van der Waals surface area (Å²) in [6.45, 7) is 1.71. The third-order valence-corrected chi connectivity index (χ3v) is 6.35. The smallest absolute Gasteiger partial charge is 0.344 e. The van der Waals surface area contributed by atoms with Crippen molar-refractivity contribution in [3.63, 3.8) is 0 Å². The van der Waals surface area contributed by atoms with Gasteiger partial charge in [-0.1, -0.05) is 40.7 Å². The average Bonchev–Trinajstić information content (AvgIpc) is 3.05. The standard InChI is InChI=1S/C22H19BrN2O6S2/c1-3-15(21(28)29)31-16-9-4-12(10-17(16)30-2)11-18-20(27)25(22(32)33-18)24-19(26)13-5-7-14(23)8-6-13/h4-11,15H,3H2,1-2H3,(H,24,26)(H,28,29)/b18-11+. The Balaban J connectivity index is 1.77. The largest absolute Gasteiger partial charge is 0.493 e. The van der Waals surface area contributed by atoms with Gasteiger partial charge in [0, 0.05) is 10.0 Å². The molecule has 1 heterocycles. The summed E-state index contributed by atoms with van der Waals surface area (Å²) in [5.74, 6) is -1.41. The zero-order valence-electron chi connectivity index (χ0n) is 17.5. The number of carboxylic acids is 1. The van der Waals surface area contributed by atoms with Gasteiger partial charge in [-0.05, 0) is 66.7 Å². The Bertz CT molecular complexity index is 1140. The molecule has 1 aliphatic heterocycles. The predicted molar refractivity (Wildman–Crippen MR) is 132 cm³/mol. The minimum absolute atomic E-state index is 0.191. The van der Waals surface area contributed by atoms with E-state index in [9.17, 15) is 19.5 Å². The fourth-order valence-electron chi connectivity index (χ4n) is 2.82. The van der Waals surface area contributed by atoms with Gasteiger partial charge < -0.3 is 14.6 Å². The summed E-state index contributed by atoms with van der Waals surface area (Å²) in [5, 5.41) is 10.2. The van der Waals surface area contributed by atoms with Crippen LogP contribution in [-0.4, -0.2) is 45.4 Å². The maximum Gasteiger partial charge on any atom is 0.344 e. The molecule has 8 nitrogen and oxygen atoms in total. The number of thiocarbonyl (C=S) groups is 1. The van der Waals surface area contributed by atoms with E-state index in [2.05, 4.69) is 21.4 Å². The molecule has 0 aliphatic carbocycles. The Morgan fingerprint density at radius 2 is 1.94 bits per heavy atom. The fraction of sp³-hybridized carbons (Fsp3) is 0.182. The Labute approximate surface area is 208 Å². The summed E-state index contributed by atoms with van der Waals surface area (Å²) < 4.78 is 11.9. The SMILES string of the molecule is CCC(Oc1ccc(/C=C2/SC(=S)N(NC(=O)c3ccc(Br)cc3)C2=O)cc1OC)C(=O)O. The second-order valence-corrected chi connectivity index (χ2v) is 9.32. The molecule has 3 rings (SSSR count). The summed E-state index contributed by atoms with van der Waals surface area (Å²) in [6, 6.07) is 11.5. The van der Waals surface area contributed by atoms with E-state index in [0.29, 0.717) is 21.8 Å². The van der Waals surface area contributed by atoms with E-state index >= 15 is 0 Å². The Kier molecular flexibility index (Phi) is 8.11. The van der Waals surface area contributed by atoms with Crippen molar-refractivity contribution in [3.05, 3.63) is 63.0 Å². The van der Waals surface area contributed by atoms with Crippen LogP contribution in [0.2, 0.25) is 0 Å². The van der Waals surface area contributed by atoms with Crippen molar-refractivity contribution in [2.75, 3.05) is 7.11 Å². The number of thioether (sulfide) groups is 1. The number of amides is 2. The molecular formula is C22H19BrN2O6S2. The Morgan fingerprint density at radius 1 is 1.24 bits per heavy atom. The van der Waals surface area contributed by atoms with E-state index in [0.717, 1.165) is 21.2 Å². The quantitative estimate of drug-likeness (QED) is 0.371. The van der Waals surface area contributed by atoms with Gasteiger partial charge in [-0.2, -0.15) is 5.01 Å². The average molecular weight is 551 g/mol. The molecule has 0 saturated carbocycles. The van der Waals surface area contributed by atoms with E-state index < -0.39 is 23.9 Å². The molecule has 172 valence electrons. The van der Waals surface area contributed by atoms with Gasteiger partial charge in [0.15, 0.2) is 21.9 Å². The highest BCUT2D eigenvalue weighted by Gasteiger charge is 2.34. The number of carbonyl (C=O) groups excluding carboxylic acids is 2. The second-order valence-electron chi connectivity index (χ2n) is 6.73. The lowest BCUT2D eigenvalue weighted by atomic mass is 10.1. The third-order valence-electron chi connectivity index (χ3n) is 4.51.